The number of hydrogen-bond donors (Lipinski definition) is 2. The number of pyridine rings is 1. The highest BCUT2D eigenvalue weighted by Crippen LogP contribution is 2.28. The molecule has 0 bridgehead atoms. The lowest BCUT2D eigenvalue weighted by Crippen LogP contribution is -2.15. The Labute approximate surface area is 93.0 Å². The molecule has 5 nitrogen and oxygen atoms in total. The number of halogens is 3. The van der Waals surface area contributed by atoms with Crippen LogP contribution in [0.15, 0.2) is 18.5 Å². The smallest absolute Gasteiger partial charge is 0.382 e. The SMILES string of the molecule is N=C(N)c1ncnc2nc(C(F)(F)F)ccc12. The van der Waals surface area contributed by atoms with Crippen LogP contribution in [0.5, 0.6) is 0 Å². The van der Waals surface area contributed by atoms with Crippen LogP contribution in [0.3, 0.4) is 0 Å². The van der Waals surface area contributed by atoms with Gasteiger partial charge in [0.25, 0.3) is 0 Å². The van der Waals surface area contributed by atoms with Crippen LogP contribution in [0.2, 0.25) is 0 Å². The summed E-state index contributed by atoms with van der Waals surface area (Å²) in [4.78, 5) is 10.7. The molecule has 0 fully saturated rings. The van der Waals surface area contributed by atoms with Gasteiger partial charge in [0, 0.05) is 5.39 Å². The van der Waals surface area contributed by atoms with Crippen LogP contribution < -0.4 is 5.73 Å². The maximum Gasteiger partial charge on any atom is 0.433 e. The topological polar surface area (TPSA) is 88.5 Å². The van der Waals surface area contributed by atoms with Crippen molar-refractivity contribution < 1.29 is 13.2 Å². The molecule has 0 amide bonds. The fourth-order valence-corrected chi connectivity index (χ4v) is 1.31. The van der Waals surface area contributed by atoms with Gasteiger partial charge in [0.05, 0.1) is 0 Å². The summed E-state index contributed by atoms with van der Waals surface area (Å²) in [6.07, 6.45) is -3.51. The van der Waals surface area contributed by atoms with Gasteiger partial charge in [-0.3, -0.25) is 5.41 Å². The number of fused-ring (bicyclic) bond motifs is 1. The molecule has 0 aliphatic rings. The Kier molecular flexibility index (Phi) is 2.41. The Morgan fingerprint density at radius 3 is 2.53 bits per heavy atom. The first-order chi connectivity index (χ1) is 7.89. The Hall–Kier alpha value is -2.25. The van der Waals surface area contributed by atoms with E-state index in [1.54, 1.807) is 0 Å². The van der Waals surface area contributed by atoms with Crippen LogP contribution in [0.25, 0.3) is 11.0 Å². The molecule has 0 aromatic carbocycles. The highest BCUT2D eigenvalue weighted by Gasteiger charge is 2.32. The largest absolute Gasteiger partial charge is 0.433 e. The second kappa shape index (κ2) is 3.65. The molecule has 0 unspecified atom stereocenters. The van der Waals surface area contributed by atoms with Crippen LogP contribution in [0.1, 0.15) is 11.4 Å². The minimum Gasteiger partial charge on any atom is -0.382 e. The molecule has 2 aromatic heterocycles. The Morgan fingerprint density at radius 2 is 1.94 bits per heavy atom. The summed E-state index contributed by atoms with van der Waals surface area (Å²) in [5.41, 5.74) is 4.13. The highest BCUT2D eigenvalue weighted by molar-refractivity contribution is 6.03. The molecule has 2 heterocycles. The summed E-state index contributed by atoms with van der Waals surface area (Å²) in [7, 11) is 0. The molecule has 8 heteroatoms. The van der Waals surface area contributed by atoms with Crippen molar-refractivity contribution in [3.05, 3.63) is 29.8 Å². The molecule has 0 spiro atoms. The fraction of sp³-hybridized carbons (Fsp3) is 0.111. The third-order valence-corrected chi connectivity index (χ3v) is 2.04. The van der Waals surface area contributed by atoms with E-state index in [4.69, 9.17) is 11.1 Å². The monoisotopic (exact) mass is 241 g/mol. The number of nitrogen functional groups attached to an aromatic ring is 1. The lowest BCUT2D eigenvalue weighted by Gasteiger charge is -2.07. The summed E-state index contributed by atoms with van der Waals surface area (Å²) in [5.74, 6) is -0.348. The van der Waals surface area contributed by atoms with Gasteiger partial charge < -0.3 is 5.73 Å². The number of amidine groups is 1. The van der Waals surface area contributed by atoms with E-state index in [-0.39, 0.29) is 22.6 Å². The van der Waals surface area contributed by atoms with Crippen molar-refractivity contribution in [3.63, 3.8) is 0 Å². The standard InChI is InChI=1S/C9H6F3N5/c10-9(11,12)5-2-1-4-6(7(13)14)15-3-16-8(4)17-5/h1-3H,(H3,13,14). The Bertz CT molecular complexity index is 593. The quantitative estimate of drug-likeness (QED) is 0.582. The number of alkyl halides is 3. The Balaban J connectivity index is 2.69. The number of nitrogens with zero attached hydrogens (tertiary/aromatic N) is 3. The maximum absolute atomic E-state index is 12.4. The van der Waals surface area contributed by atoms with E-state index >= 15 is 0 Å². The molecule has 0 atom stereocenters. The van der Waals surface area contributed by atoms with Crippen molar-refractivity contribution in [3.8, 4) is 0 Å². The first-order valence-corrected chi connectivity index (χ1v) is 4.43. The van der Waals surface area contributed by atoms with Gasteiger partial charge in [-0.15, -0.1) is 0 Å². The van der Waals surface area contributed by atoms with Gasteiger partial charge in [-0.05, 0) is 12.1 Å². The van der Waals surface area contributed by atoms with Crippen LogP contribution >= 0.6 is 0 Å². The summed E-state index contributed by atoms with van der Waals surface area (Å²) < 4.78 is 37.2. The van der Waals surface area contributed by atoms with E-state index in [1.165, 1.54) is 0 Å². The van der Waals surface area contributed by atoms with Gasteiger partial charge in [-0.2, -0.15) is 13.2 Å². The third kappa shape index (κ3) is 2.01. The van der Waals surface area contributed by atoms with E-state index in [2.05, 4.69) is 15.0 Å². The second-order valence-electron chi connectivity index (χ2n) is 3.20. The molecular weight excluding hydrogens is 235 g/mol. The first kappa shape index (κ1) is 11.2. The van der Waals surface area contributed by atoms with Gasteiger partial charge in [0.15, 0.2) is 5.65 Å². The van der Waals surface area contributed by atoms with Crippen molar-refractivity contribution >= 4 is 16.9 Å². The van der Waals surface area contributed by atoms with Crippen molar-refractivity contribution in [1.82, 2.24) is 15.0 Å². The Morgan fingerprint density at radius 1 is 1.24 bits per heavy atom. The van der Waals surface area contributed by atoms with Crippen LogP contribution in [0.4, 0.5) is 13.2 Å². The molecule has 3 N–H and O–H groups in total. The lowest BCUT2D eigenvalue weighted by atomic mass is 10.2. The van der Waals surface area contributed by atoms with Gasteiger partial charge in [-0.1, -0.05) is 0 Å². The van der Waals surface area contributed by atoms with Crippen molar-refractivity contribution in [2.24, 2.45) is 5.73 Å². The molecule has 88 valence electrons. The number of aromatic nitrogens is 3. The predicted octanol–water partition coefficient (Wildman–Crippen LogP) is 1.33. The molecule has 2 aromatic rings. The predicted molar refractivity (Wildman–Crippen MR) is 53.4 cm³/mol. The van der Waals surface area contributed by atoms with Crippen LogP contribution in [0, 0.1) is 5.41 Å². The number of hydrogen-bond acceptors (Lipinski definition) is 4. The second-order valence-corrected chi connectivity index (χ2v) is 3.20. The van der Waals surface area contributed by atoms with Gasteiger partial charge >= 0.3 is 6.18 Å². The minimum absolute atomic E-state index is 0.0659. The molecule has 0 saturated carbocycles. The zero-order chi connectivity index (χ0) is 12.6. The van der Waals surface area contributed by atoms with E-state index in [0.717, 1.165) is 18.5 Å². The van der Waals surface area contributed by atoms with Gasteiger partial charge in [0.1, 0.15) is 23.6 Å². The van der Waals surface area contributed by atoms with E-state index in [9.17, 15) is 13.2 Å². The number of nitrogens with one attached hydrogen (secondary N) is 1. The fourth-order valence-electron chi connectivity index (χ4n) is 1.31. The molecular formula is C9H6F3N5. The first-order valence-electron chi connectivity index (χ1n) is 4.43. The van der Waals surface area contributed by atoms with E-state index in [0.29, 0.717) is 0 Å². The minimum atomic E-state index is -4.53. The van der Waals surface area contributed by atoms with Gasteiger partial charge in [0.2, 0.25) is 0 Å². The highest BCUT2D eigenvalue weighted by atomic mass is 19.4. The summed E-state index contributed by atoms with van der Waals surface area (Å²) >= 11 is 0. The summed E-state index contributed by atoms with van der Waals surface area (Å²) in [6.45, 7) is 0. The molecule has 17 heavy (non-hydrogen) atoms. The third-order valence-electron chi connectivity index (χ3n) is 2.04. The molecule has 0 saturated heterocycles. The van der Waals surface area contributed by atoms with Crippen molar-refractivity contribution in [2.75, 3.05) is 0 Å². The average Bonchev–Trinajstić information content (AvgIpc) is 2.26. The van der Waals surface area contributed by atoms with Crippen LogP contribution in [-0.4, -0.2) is 20.8 Å². The zero-order valence-electron chi connectivity index (χ0n) is 8.28. The zero-order valence-corrected chi connectivity index (χ0v) is 8.28. The van der Waals surface area contributed by atoms with Gasteiger partial charge in [-0.25, -0.2) is 15.0 Å². The number of nitrogens with two attached hydrogens (primary N) is 1. The molecule has 0 aliphatic heterocycles. The van der Waals surface area contributed by atoms with E-state index < -0.39 is 11.9 Å². The molecule has 0 aliphatic carbocycles. The molecule has 2 rings (SSSR count). The summed E-state index contributed by atoms with van der Waals surface area (Å²) in [5, 5.41) is 7.45. The van der Waals surface area contributed by atoms with Crippen molar-refractivity contribution in [1.29, 1.82) is 5.41 Å². The van der Waals surface area contributed by atoms with E-state index in [1.807, 2.05) is 0 Å². The lowest BCUT2D eigenvalue weighted by molar-refractivity contribution is -0.141. The van der Waals surface area contributed by atoms with Crippen LogP contribution in [-0.2, 0) is 6.18 Å². The average molecular weight is 241 g/mol. The number of rotatable bonds is 1. The normalized spacial score (nSPS) is 11.7. The maximum atomic E-state index is 12.4. The molecule has 0 radical (unpaired) electrons. The van der Waals surface area contributed by atoms with Crippen molar-refractivity contribution in [2.45, 2.75) is 6.18 Å². The summed E-state index contributed by atoms with van der Waals surface area (Å²) in [6, 6.07) is 1.96.